The minimum absolute atomic E-state index is 0.107. The smallest absolute Gasteiger partial charge is 0.264 e. The summed E-state index contributed by atoms with van der Waals surface area (Å²) in [4.78, 5) is 16.7. The summed E-state index contributed by atoms with van der Waals surface area (Å²) in [5.74, 6) is 2.12. The number of nitrogens with one attached hydrogen (secondary N) is 1. The van der Waals surface area contributed by atoms with Crippen LogP contribution in [0.1, 0.15) is 17.0 Å². The molecule has 168 valence electrons. The first-order valence-electron chi connectivity index (χ1n) is 10.2. The summed E-state index contributed by atoms with van der Waals surface area (Å²) in [6.45, 7) is 2.05. The minimum atomic E-state index is -0.107. The van der Waals surface area contributed by atoms with Crippen LogP contribution in [0.3, 0.4) is 0 Å². The third-order valence-corrected chi connectivity index (χ3v) is 5.33. The molecule has 1 aromatic heterocycles. The summed E-state index contributed by atoms with van der Waals surface area (Å²) in [5.41, 5.74) is 3.28. The summed E-state index contributed by atoms with van der Waals surface area (Å²) < 4.78 is 16.1. The lowest BCUT2D eigenvalue weighted by Crippen LogP contribution is -2.14. The van der Waals surface area contributed by atoms with Gasteiger partial charge in [-0.3, -0.25) is 4.79 Å². The van der Waals surface area contributed by atoms with Crippen LogP contribution in [0.5, 0.6) is 11.5 Å². The monoisotopic (exact) mass is 463 g/mol. The summed E-state index contributed by atoms with van der Waals surface area (Å²) >= 11 is 6.03. The second-order valence-electron chi connectivity index (χ2n) is 7.36. The van der Waals surface area contributed by atoms with Crippen molar-refractivity contribution in [2.75, 3.05) is 12.4 Å². The number of ether oxygens (including phenoxy) is 2. The zero-order valence-electron chi connectivity index (χ0n) is 18.2. The Labute approximate surface area is 196 Å². The van der Waals surface area contributed by atoms with E-state index < -0.39 is 0 Å². The highest BCUT2D eigenvalue weighted by atomic mass is 35.5. The number of aromatic nitrogens is 2. The minimum Gasteiger partial charge on any atom is -0.497 e. The molecule has 0 aliphatic carbocycles. The average Bonchev–Trinajstić information content (AvgIpc) is 3.30. The number of methoxy groups -OCH3 is 1. The van der Waals surface area contributed by atoms with E-state index in [9.17, 15) is 4.79 Å². The molecule has 1 heterocycles. The van der Waals surface area contributed by atoms with Crippen molar-refractivity contribution in [2.45, 2.75) is 20.0 Å². The third-order valence-electron chi connectivity index (χ3n) is 4.91. The van der Waals surface area contributed by atoms with Crippen molar-refractivity contribution in [3.8, 4) is 22.9 Å². The van der Waals surface area contributed by atoms with E-state index in [0.29, 0.717) is 28.2 Å². The van der Waals surface area contributed by atoms with Crippen molar-refractivity contribution in [3.63, 3.8) is 0 Å². The van der Waals surface area contributed by atoms with Crippen molar-refractivity contribution < 1.29 is 18.8 Å². The molecule has 0 radical (unpaired) electrons. The SMILES string of the molecule is COc1ccc(CC(=O)Nc2ccc(-c3noc(COc4ccc(Cl)c(C)c4)n3)cc2)cc1. The Morgan fingerprint density at radius 3 is 2.45 bits per heavy atom. The average molecular weight is 464 g/mol. The van der Waals surface area contributed by atoms with Crippen molar-refractivity contribution in [2.24, 2.45) is 0 Å². The largest absolute Gasteiger partial charge is 0.497 e. The van der Waals surface area contributed by atoms with Crippen molar-refractivity contribution >= 4 is 23.2 Å². The molecule has 0 aliphatic rings. The lowest BCUT2D eigenvalue weighted by atomic mass is 10.1. The van der Waals surface area contributed by atoms with E-state index in [-0.39, 0.29) is 18.9 Å². The Kier molecular flexibility index (Phi) is 6.90. The molecule has 0 spiro atoms. The second kappa shape index (κ2) is 10.2. The van der Waals surface area contributed by atoms with Gasteiger partial charge in [0, 0.05) is 16.3 Å². The van der Waals surface area contributed by atoms with Gasteiger partial charge in [-0.15, -0.1) is 0 Å². The highest BCUT2D eigenvalue weighted by Gasteiger charge is 2.11. The van der Waals surface area contributed by atoms with E-state index >= 15 is 0 Å². The van der Waals surface area contributed by atoms with E-state index in [2.05, 4.69) is 15.5 Å². The zero-order valence-corrected chi connectivity index (χ0v) is 18.9. The van der Waals surface area contributed by atoms with Crippen LogP contribution in [0.4, 0.5) is 5.69 Å². The van der Waals surface area contributed by atoms with Gasteiger partial charge in [-0.25, -0.2) is 0 Å². The molecular weight excluding hydrogens is 442 g/mol. The Morgan fingerprint density at radius 1 is 1.03 bits per heavy atom. The van der Waals surface area contributed by atoms with Gasteiger partial charge in [0.25, 0.3) is 5.89 Å². The fourth-order valence-electron chi connectivity index (χ4n) is 3.12. The van der Waals surface area contributed by atoms with Gasteiger partial charge in [0.1, 0.15) is 11.5 Å². The van der Waals surface area contributed by atoms with Crippen LogP contribution >= 0.6 is 11.6 Å². The maximum atomic E-state index is 12.3. The predicted molar refractivity (Wildman–Crippen MR) is 126 cm³/mol. The van der Waals surface area contributed by atoms with Crippen molar-refractivity contribution in [1.29, 1.82) is 0 Å². The number of carbonyl (C=O) groups is 1. The van der Waals surface area contributed by atoms with E-state index in [1.54, 1.807) is 31.4 Å². The Bertz CT molecular complexity index is 1240. The quantitative estimate of drug-likeness (QED) is 0.373. The fraction of sp³-hybridized carbons (Fsp3) is 0.160. The Hall–Kier alpha value is -3.84. The summed E-state index contributed by atoms with van der Waals surface area (Å²) in [5, 5.41) is 7.58. The summed E-state index contributed by atoms with van der Waals surface area (Å²) in [6, 6.07) is 20.0. The first kappa shape index (κ1) is 22.4. The van der Waals surface area contributed by atoms with E-state index in [1.165, 1.54) is 0 Å². The lowest BCUT2D eigenvalue weighted by Gasteiger charge is -2.06. The molecule has 8 heteroatoms. The van der Waals surface area contributed by atoms with Crippen molar-refractivity contribution in [1.82, 2.24) is 10.1 Å². The van der Waals surface area contributed by atoms with Crippen LogP contribution in [0.15, 0.2) is 71.3 Å². The number of amides is 1. The maximum Gasteiger partial charge on any atom is 0.264 e. The molecule has 0 saturated carbocycles. The van der Waals surface area contributed by atoms with Crippen molar-refractivity contribution in [3.05, 3.63) is 88.8 Å². The van der Waals surface area contributed by atoms with Gasteiger partial charge in [0.2, 0.25) is 11.7 Å². The van der Waals surface area contributed by atoms with E-state index in [4.69, 9.17) is 25.6 Å². The molecule has 33 heavy (non-hydrogen) atoms. The van der Waals surface area contributed by atoms with Gasteiger partial charge in [-0.05, 0) is 72.6 Å². The van der Waals surface area contributed by atoms with Gasteiger partial charge >= 0.3 is 0 Å². The Morgan fingerprint density at radius 2 is 1.76 bits per heavy atom. The molecule has 0 saturated heterocycles. The van der Waals surface area contributed by atoms with E-state index in [0.717, 1.165) is 22.4 Å². The summed E-state index contributed by atoms with van der Waals surface area (Å²) in [6.07, 6.45) is 0.271. The number of hydrogen-bond acceptors (Lipinski definition) is 6. The van der Waals surface area contributed by atoms with Crippen LogP contribution < -0.4 is 14.8 Å². The maximum absolute atomic E-state index is 12.3. The molecule has 4 aromatic rings. The van der Waals surface area contributed by atoms with Gasteiger partial charge in [-0.1, -0.05) is 28.9 Å². The van der Waals surface area contributed by atoms with Gasteiger partial charge in [0.05, 0.1) is 13.5 Å². The van der Waals surface area contributed by atoms with Crippen LogP contribution in [-0.4, -0.2) is 23.2 Å². The normalized spacial score (nSPS) is 10.6. The highest BCUT2D eigenvalue weighted by Crippen LogP contribution is 2.23. The summed E-state index contributed by atoms with van der Waals surface area (Å²) in [7, 11) is 1.61. The first-order valence-corrected chi connectivity index (χ1v) is 10.6. The highest BCUT2D eigenvalue weighted by molar-refractivity contribution is 6.31. The fourth-order valence-corrected chi connectivity index (χ4v) is 3.24. The lowest BCUT2D eigenvalue weighted by molar-refractivity contribution is -0.115. The second-order valence-corrected chi connectivity index (χ2v) is 7.77. The number of halogens is 1. The Balaban J connectivity index is 1.32. The number of nitrogens with zero attached hydrogens (tertiary/aromatic N) is 2. The molecule has 4 rings (SSSR count). The first-order chi connectivity index (χ1) is 16.0. The topological polar surface area (TPSA) is 86.5 Å². The standard InChI is InChI=1S/C25H22ClN3O4/c1-16-13-21(11-12-22(16)26)32-15-24-28-25(29-33-24)18-5-7-19(8-6-18)27-23(30)14-17-3-9-20(31-2)10-4-17/h3-13H,14-15H2,1-2H3,(H,27,30). The molecule has 1 N–H and O–H groups in total. The molecule has 0 bridgehead atoms. The third kappa shape index (κ3) is 5.90. The molecular formula is C25H22ClN3O4. The van der Waals surface area contributed by atoms with Crippen LogP contribution in [-0.2, 0) is 17.8 Å². The molecule has 0 fully saturated rings. The number of benzene rings is 3. The van der Waals surface area contributed by atoms with Crippen LogP contribution in [0, 0.1) is 6.92 Å². The molecule has 3 aromatic carbocycles. The predicted octanol–water partition coefficient (Wildman–Crippen LogP) is 5.47. The number of anilines is 1. The van der Waals surface area contributed by atoms with E-state index in [1.807, 2.05) is 49.4 Å². The molecule has 1 amide bonds. The zero-order chi connectivity index (χ0) is 23.2. The van der Waals surface area contributed by atoms with Crippen LogP contribution in [0.25, 0.3) is 11.4 Å². The number of carbonyl (C=O) groups excluding carboxylic acids is 1. The number of rotatable bonds is 8. The van der Waals surface area contributed by atoms with Gasteiger partial charge < -0.3 is 19.3 Å². The molecule has 0 unspecified atom stereocenters. The number of aryl methyl sites for hydroxylation is 1. The van der Waals surface area contributed by atoms with Crippen LogP contribution in [0.2, 0.25) is 5.02 Å². The number of hydrogen-bond donors (Lipinski definition) is 1. The molecule has 7 nitrogen and oxygen atoms in total. The van der Waals surface area contributed by atoms with Gasteiger partial charge in [0.15, 0.2) is 6.61 Å². The molecule has 0 aliphatic heterocycles. The molecule has 0 atom stereocenters. The van der Waals surface area contributed by atoms with Gasteiger partial charge in [-0.2, -0.15) is 4.98 Å².